The smallest absolute Gasteiger partial charge is 0.387 e. The number of ether oxygens (including phenoxy) is 1. The van der Waals surface area contributed by atoms with Crippen molar-refractivity contribution in [3.05, 3.63) is 59.2 Å². The largest absolute Gasteiger partial charge is 0.478 e. The van der Waals surface area contributed by atoms with Crippen molar-refractivity contribution >= 4 is 17.6 Å². The summed E-state index contributed by atoms with van der Waals surface area (Å²) in [5, 5.41) is 9.05. The van der Waals surface area contributed by atoms with Crippen molar-refractivity contribution in [1.82, 2.24) is 0 Å². The molecule has 0 aliphatic carbocycles. The van der Waals surface area contributed by atoms with Gasteiger partial charge in [0, 0.05) is 12.2 Å². The van der Waals surface area contributed by atoms with Crippen LogP contribution in [0, 0.1) is 0 Å². The molecule has 0 radical (unpaired) electrons. The lowest BCUT2D eigenvalue weighted by atomic mass is 10.00. The molecule has 1 N–H and O–H groups in total. The van der Waals surface area contributed by atoms with E-state index in [0.717, 1.165) is 5.56 Å². The number of benzene rings is 2. The molecular formula is C19H17F2NO4. The summed E-state index contributed by atoms with van der Waals surface area (Å²) >= 11 is 0. The number of fused-ring (bicyclic) bond motifs is 1. The number of carbonyl (C=O) groups excluding carboxylic acids is 1. The number of rotatable bonds is 5. The molecule has 3 rings (SSSR count). The molecule has 1 heterocycles. The van der Waals surface area contributed by atoms with Crippen LogP contribution < -0.4 is 9.64 Å². The number of amides is 1. The molecule has 2 aromatic carbocycles. The van der Waals surface area contributed by atoms with Gasteiger partial charge in [0.15, 0.2) is 0 Å². The Morgan fingerprint density at radius 2 is 2.00 bits per heavy atom. The van der Waals surface area contributed by atoms with E-state index in [1.165, 1.54) is 24.3 Å². The summed E-state index contributed by atoms with van der Waals surface area (Å²) in [7, 11) is 0. The fourth-order valence-corrected chi connectivity index (χ4v) is 3.09. The highest BCUT2D eigenvalue weighted by Crippen LogP contribution is 2.31. The summed E-state index contributed by atoms with van der Waals surface area (Å²) in [5.41, 5.74) is 2.20. The molecule has 1 aliphatic rings. The average molecular weight is 361 g/mol. The van der Waals surface area contributed by atoms with E-state index in [0.29, 0.717) is 30.6 Å². The van der Waals surface area contributed by atoms with Crippen LogP contribution in [0.25, 0.3) is 0 Å². The van der Waals surface area contributed by atoms with E-state index in [1.54, 1.807) is 23.1 Å². The molecule has 136 valence electrons. The van der Waals surface area contributed by atoms with Crippen LogP contribution in [-0.2, 0) is 17.6 Å². The van der Waals surface area contributed by atoms with Crippen LogP contribution in [0.5, 0.6) is 5.75 Å². The van der Waals surface area contributed by atoms with E-state index in [9.17, 15) is 18.4 Å². The number of carboxylic acid groups (broad SMARTS) is 1. The minimum Gasteiger partial charge on any atom is -0.478 e. The first-order valence-electron chi connectivity index (χ1n) is 8.14. The maximum absolute atomic E-state index is 12.7. The lowest BCUT2D eigenvalue weighted by Gasteiger charge is -2.30. The quantitative estimate of drug-likeness (QED) is 0.885. The number of hydrogen-bond donors (Lipinski definition) is 1. The minimum absolute atomic E-state index is 0.0653. The van der Waals surface area contributed by atoms with Crippen LogP contribution in [-0.4, -0.2) is 30.1 Å². The number of aromatic carboxylic acids is 1. The molecule has 0 atom stereocenters. The molecule has 0 bridgehead atoms. The first kappa shape index (κ1) is 17.8. The molecular weight excluding hydrogens is 344 g/mol. The Morgan fingerprint density at radius 1 is 1.19 bits per heavy atom. The van der Waals surface area contributed by atoms with E-state index in [2.05, 4.69) is 4.74 Å². The predicted octanol–water partition coefficient (Wildman–Crippen LogP) is 3.51. The normalized spacial score (nSPS) is 13.4. The highest BCUT2D eigenvalue weighted by Gasteiger charge is 2.23. The molecule has 0 unspecified atom stereocenters. The second-order valence-electron chi connectivity index (χ2n) is 6.00. The number of aryl methyl sites for hydroxylation is 1. The topological polar surface area (TPSA) is 66.8 Å². The Bertz CT molecular complexity index is 838. The van der Waals surface area contributed by atoms with Gasteiger partial charge in [-0.15, -0.1) is 0 Å². The van der Waals surface area contributed by atoms with Crippen LogP contribution in [0.4, 0.5) is 14.5 Å². The zero-order valence-corrected chi connectivity index (χ0v) is 13.8. The van der Waals surface area contributed by atoms with Crippen LogP contribution >= 0.6 is 0 Å². The molecule has 26 heavy (non-hydrogen) atoms. The lowest BCUT2D eigenvalue weighted by molar-refractivity contribution is -0.118. The van der Waals surface area contributed by atoms with Crippen molar-refractivity contribution in [2.75, 3.05) is 11.4 Å². The highest BCUT2D eigenvalue weighted by molar-refractivity contribution is 5.96. The number of alkyl halides is 2. The van der Waals surface area contributed by atoms with Gasteiger partial charge in [-0.3, -0.25) is 4.79 Å². The van der Waals surface area contributed by atoms with Crippen LogP contribution in [0.3, 0.4) is 0 Å². The van der Waals surface area contributed by atoms with Crippen molar-refractivity contribution in [3.8, 4) is 5.75 Å². The van der Waals surface area contributed by atoms with Crippen molar-refractivity contribution in [2.45, 2.75) is 25.9 Å². The average Bonchev–Trinajstić information content (AvgIpc) is 2.60. The van der Waals surface area contributed by atoms with Gasteiger partial charge in [-0.25, -0.2) is 4.79 Å². The Labute approximate surface area is 148 Å². The van der Waals surface area contributed by atoms with Crippen LogP contribution in [0.2, 0.25) is 0 Å². The molecule has 0 spiro atoms. The minimum atomic E-state index is -2.89. The van der Waals surface area contributed by atoms with Crippen molar-refractivity contribution in [3.63, 3.8) is 0 Å². The number of carbonyl (C=O) groups is 2. The molecule has 1 aliphatic heterocycles. The zero-order chi connectivity index (χ0) is 18.7. The lowest BCUT2D eigenvalue weighted by Crippen LogP contribution is -2.36. The van der Waals surface area contributed by atoms with Crippen molar-refractivity contribution in [1.29, 1.82) is 0 Å². The molecule has 0 saturated heterocycles. The zero-order valence-electron chi connectivity index (χ0n) is 13.8. The van der Waals surface area contributed by atoms with Gasteiger partial charge in [0.1, 0.15) is 5.75 Å². The van der Waals surface area contributed by atoms with Crippen molar-refractivity contribution in [2.24, 2.45) is 0 Å². The maximum atomic E-state index is 12.7. The van der Waals surface area contributed by atoms with Gasteiger partial charge < -0.3 is 14.7 Å². The summed E-state index contributed by atoms with van der Waals surface area (Å²) < 4.78 is 29.1. The Kier molecular flexibility index (Phi) is 5.16. The van der Waals surface area contributed by atoms with Gasteiger partial charge in [-0.1, -0.05) is 12.1 Å². The Balaban J connectivity index is 1.79. The van der Waals surface area contributed by atoms with Gasteiger partial charge in [-0.05, 0) is 54.3 Å². The first-order valence-corrected chi connectivity index (χ1v) is 8.14. The maximum Gasteiger partial charge on any atom is 0.387 e. The first-order chi connectivity index (χ1) is 12.4. The third-order valence-corrected chi connectivity index (χ3v) is 4.23. The number of anilines is 1. The molecule has 0 fully saturated rings. The Hall–Kier alpha value is -2.96. The number of nitrogens with zero attached hydrogens (tertiary/aromatic N) is 1. The summed E-state index contributed by atoms with van der Waals surface area (Å²) in [5.74, 6) is -1.15. The molecule has 1 amide bonds. The van der Waals surface area contributed by atoms with E-state index in [4.69, 9.17) is 5.11 Å². The molecule has 0 aromatic heterocycles. The molecule has 5 nitrogen and oxygen atoms in total. The van der Waals surface area contributed by atoms with Crippen LogP contribution in [0.1, 0.15) is 27.9 Å². The highest BCUT2D eigenvalue weighted by atomic mass is 19.3. The molecule has 2 aromatic rings. The number of halogens is 2. The number of hydrogen-bond acceptors (Lipinski definition) is 3. The summed E-state index contributed by atoms with van der Waals surface area (Å²) in [6.45, 7) is -2.37. The van der Waals surface area contributed by atoms with Gasteiger partial charge in [0.2, 0.25) is 5.91 Å². The predicted molar refractivity (Wildman–Crippen MR) is 90.9 cm³/mol. The number of carboxylic acids is 1. The third kappa shape index (κ3) is 3.99. The fourth-order valence-electron chi connectivity index (χ4n) is 3.09. The van der Waals surface area contributed by atoms with Gasteiger partial charge in [0.25, 0.3) is 0 Å². The monoisotopic (exact) mass is 361 g/mol. The summed E-state index contributed by atoms with van der Waals surface area (Å²) in [4.78, 5) is 25.4. The second kappa shape index (κ2) is 7.51. The standard InChI is InChI=1S/C19H17F2NO4/c20-19(21)26-15-6-7-16-13(11-15)5-2-8-22(16)17(23)10-12-3-1-4-14(9-12)18(24)25/h1,3-4,6-7,9,11,19H,2,5,8,10H2,(H,24,25). The van der Waals surface area contributed by atoms with E-state index in [1.807, 2.05) is 0 Å². The molecule has 0 saturated carbocycles. The Morgan fingerprint density at radius 3 is 2.73 bits per heavy atom. The fraction of sp³-hybridized carbons (Fsp3) is 0.263. The SMILES string of the molecule is O=C(O)c1cccc(CC(=O)N2CCCc3cc(OC(F)F)ccc32)c1. The molecule has 7 heteroatoms. The van der Waals surface area contributed by atoms with Crippen LogP contribution in [0.15, 0.2) is 42.5 Å². The summed E-state index contributed by atoms with van der Waals surface area (Å²) in [6, 6.07) is 10.8. The second-order valence-corrected chi connectivity index (χ2v) is 6.00. The third-order valence-electron chi connectivity index (χ3n) is 4.23. The summed E-state index contributed by atoms with van der Waals surface area (Å²) in [6.07, 6.45) is 1.45. The van der Waals surface area contributed by atoms with Crippen molar-refractivity contribution < 1.29 is 28.2 Å². The van der Waals surface area contributed by atoms with E-state index < -0.39 is 12.6 Å². The van der Waals surface area contributed by atoms with E-state index in [-0.39, 0.29) is 23.6 Å². The van der Waals surface area contributed by atoms with Gasteiger partial charge in [-0.2, -0.15) is 8.78 Å². The van der Waals surface area contributed by atoms with Gasteiger partial charge in [0.05, 0.1) is 12.0 Å². The van der Waals surface area contributed by atoms with E-state index >= 15 is 0 Å². The van der Waals surface area contributed by atoms with Gasteiger partial charge >= 0.3 is 12.6 Å².